The van der Waals surface area contributed by atoms with Gasteiger partial charge in [0.2, 0.25) is 5.95 Å². The highest BCUT2D eigenvalue weighted by Crippen LogP contribution is 2.27. The van der Waals surface area contributed by atoms with Gasteiger partial charge in [0, 0.05) is 43.2 Å². The predicted octanol–water partition coefficient (Wildman–Crippen LogP) is 2.62. The van der Waals surface area contributed by atoms with E-state index in [1.165, 1.54) is 0 Å². The van der Waals surface area contributed by atoms with Gasteiger partial charge in [0.1, 0.15) is 17.0 Å². The number of hydrogen-bond acceptors (Lipinski definition) is 8. The second kappa shape index (κ2) is 8.89. The van der Waals surface area contributed by atoms with Gasteiger partial charge in [-0.1, -0.05) is 12.1 Å². The van der Waals surface area contributed by atoms with E-state index in [1.807, 2.05) is 42.6 Å². The van der Waals surface area contributed by atoms with Crippen molar-refractivity contribution in [3.63, 3.8) is 0 Å². The van der Waals surface area contributed by atoms with Crippen LogP contribution in [0.3, 0.4) is 0 Å². The Balaban J connectivity index is 1.41. The normalized spacial score (nSPS) is 14.8. The van der Waals surface area contributed by atoms with Gasteiger partial charge in [-0.2, -0.15) is 4.98 Å². The monoisotopic (exact) mass is 430 g/mol. The number of aliphatic hydroxyl groups excluding tert-OH is 1. The molecule has 1 aliphatic heterocycles. The first-order valence-corrected chi connectivity index (χ1v) is 10.8. The van der Waals surface area contributed by atoms with Gasteiger partial charge in [0.15, 0.2) is 5.65 Å². The molecule has 0 aliphatic carbocycles. The van der Waals surface area contributed by atoms with Gasteiger partial charge in [-0.15, -0.1) is 0 Å². The molecule has 0 bridgehead atoms. The Hall–Kier alpha value is -3.56. The van der Waals surface area contributed by atoms with Crippen LogP contribution in [-0.2, 0) is 6.42 Å². The molecule has 0 unspecified atom stereocenters. The van der Waals surface area contributed by atoms with Crippen molar-refractivity contribution in [3.05, 3.63) is 54.5 Å². The number of rotatable bonds is 6. The minimum absolute atomic E-state index is 0.132. The van der Waals surface area contributed by atoms with Gasteiger partial charge in [-0.3, -0.25) is 0 Å². The lowest BCUT2D eigenvalue weighted by molar-refractivity contribution is 0.299. The molecule has 1 fully saturated rings. The number of imidazole rings is 1. The third-order valence-corrected chi connectivity index (χ3v) is 5.78. The number of hydrogen-bond donors (Lipinski definition) is 4. The molecule has 0 spiro atoms. The number of nitrogens with two attached hydrogens (primary N) is 1. The molecule has 164 valence electrons. The van der Waals surface area contributed by atoms with Crippen LogP contribution in [0.1, 0.15) is 18.4 Å². The number of aromatic nitrogens is 5. The van der Waals surface area contributed by atoms with Crippen LogP contribution in [-0.4, -0.2) is 55.8 Å². The molecule has 0 radical (unpaired) electrons. The lowest BCUT2D eigenvalue weighted by Crippen LogP contribution is -2.40. The van der Waals surface area contributed by atoms with Gasteiger partial charge in [0.05, 0.1) is 6.33 Å². The van der Waals surface area contributed by atoms with E-state index in [0.717, 1.165) is 59.8 Å². The Kier molecular flexibility index (Phi) is 5.66. The van der Waals surface area contributed by atoms with E-state index < -0.39 is 0 Å². The molecule has 9 heteroatoms. The Morgan fingerprint density at radius 1 is 1.06 bits per heavy atom. The largest absolute Gasteiger partial charge is 0.396 e. The van der Waals surface area contributed by atoms with Crippen LogP contribution in [0.25, 0.3) is 22.4 Å². The van der Waals surface area contributed by atoms with Gasteiger partial charge in [0.25, 0.3) is 0 Å². The average molecular weight is 431 g/mol. The van der Waals surface area contributed by atoms with Crippen molar-refractivity contribution in [2.24, 2.45) is 5.73 Å². The standard InChI is InChI=1S/C23H26N8O/c24-17-7-10-31(11-8-17)19-6-3-16(13-25-19)20-21-22(27-14-26-21)30-23(29-20)28-18-4-1-15(2-5-18)9-12-32/h1-6,13-14,17,32H,7-12,24H2,(H2,26,27,28,29,30). The topological polar surface area (TPSA) is 129 Å². The number of H-pyrrole nitrogens is 1. The van der Waals surface area contributed by atoms with E-state index in [4.69, 9.17) is 15.8 Å². The Morgan fingerprint density at radius 3 is 2.59 bits per heavy atom. The smallest absolute Gasteiger partial charge is 0.229 e. The molecule has 0 atom stereocenters. The number of aliphatic hydroxyl groups is 1. The van der Waals surface area contributed by atoms with Crippen LogP contribution in [0.4, 0.5) is 17.5 Å². The molecule has 9 nitrogen and oxygen atoms in total. The van der Waals surface area contributed by atoms with Crippen molar-refractivity contribution in [2.45, 2.75) is 25.3 Å². The number of fused-ring (bicyclic) bond motifs is 1. The molecule has 0 saturated carbocycles. The number of pyridine rings is 1. The molecule has 5 rings (SSSR count). The van der Waals surface area contributed by atoms with Gasteiger partial charge in [-0.25, -0.2) is 15.0 Å². The first-order valence-electron chi connectivity index (χ1n) is 10.8. The van der Waals surface area contributed by atoms with Crippen molar-refractivity contribution in [2.75, 3.05) is 29.9 Å². The van der Waals surface area contributed by atoms with Crippen LogP contribution >= 0.6 is 0 Å². The maximum absolute atomic E-state index is 9.09. The maximum atomic E-state index is 9.09. The molecule has 32 heavy (non-hydrogen) atoms. The quantitative estimate of drug-likeness (QED) is 0.367. The second-order valence-electron chi connectivity index (χ2n) is 8.02. The zero-order valence-electron chi connectivity index (χ0n) is 17.7. The van der Waals surface area contributed by atoms with Gasteiger partial charge < -0.3 is 26.0 Å². The molecular formula is C23H26N8O. The first kappa shape index (κ1) is 20.3. The van der Waals surface area contributed by atoms with Gasteiger partial charge in [-0.05, 0) is 49.1 Å². The first-order chi connectivity index (χ1) is 15.7. The summed E-state index contributed by atoms with van der Waals surface area (Å²) in [5, 5.41) is 12.3. The number of aromatic amines is 1. The molecule has 1 saturated heterocycles. The molecule has 1 aromatic carbocycles. The number of anilines is 3. The highest BCUT2D eigenvalue weighted by molar-refractivity contribution is 5.88. The van der Waals surface area contributed by atoms with E-state index in [2.05, 4.69) is 30.2 Å². The zero-order valence-corrected chi connectivity index (χ0v) is 17.7. The molecule has 1 aliphatic rings. The van der Waals surface area contributed by atoms with Crippen molar-refractivity contribution < 1.29 is 5.11 Å². The molecule has 4 heterocycles. The highest BCUT2D eigenvalue weighted by Gasteiger charge is 2.18. The molecule has 3 aromatic heterocycles. The van der Waals surface area contributed by atoms with Crippen LogP contribution in [0, 0.1) is 0 Å². The summed E-state index contributed by atoms with van der Waals surface area (Å²) in [5.74, 6) is 1.42. The summed E-state index contributed by atoms with van der Waals surface area (Å²) in [6, 6.07) is 12.2. The lowest BCUT2D eigenvalue weighted by Gasteiger charge is -2.31. The minimum atomic E-state index is 0.132. The van der Waals surface area contributed by atoms with E-state index in [-0.39, 0.29) is 12.6 Å². The minimum Gasteiger partial charge on any atom is -0.396 e. The van der Waals surface area contributed by atoms with E-state index in [0.29, 0.717) is 18.0 Å². The van der Waals surface area contributed by atoms with Crippen molar-refractivity contribution in [1.82, 2.24) is 24.9 Å². The SMILES string of the molecule is NC1CCN(c2ccc(-c3nc(Nc4ccc(CCO)cc4)nc4nc[nH]c34)cn2)CC1. The Labute approximate surface area is 185 Å². The van der Waals surface area contributed by atoms with Crippen molar-refractivity contribution in [3.8, 4) is 11.3 Å². The second-order valence-corrected chi connectivity index (χ2v) is 8.02. The summed E-state index contributed by atoms with van der Waals surface area (Å²) in [6.07, 6.45) is 6.07. The fourth-order valence-electron chi connectivity index (χ4n) is 3.95. The summed E-state index contributed by atoms with van der Waals surface area (Å²) in [6.45, 7) is 1.99. The fourth-order valence-corrected chi connectivity index (χ4v) is 3.95. The predicted molar refractivity (Wildman–Crippen MR) is 125 cm³/mol. The maximum Gasteiger partial charge on any atom is 0.229 e. The van der Waals surface area contributed by atoms with Crippen LogP contribution in [0.2, 0.25) is 0 Å². The van der Waals surface area contributed by atoms with E-state index in [9.17, 15) is 0 Å². The summed E-state index contributed by atoms with van der Waals surface area (Å²) in [4.78, 5) is 23.7. The summed E-state index contributed by atoms with van der Waals surface area (Å²) >= 11 is 0. The third-order valence-electron chi connectivity index (χ3n) is 5.78. The average Bonchev–Trinajstić information content (AvgIpc) is 3.29. The van der Waals surface area contributed by atoms with Crippen molar-refractivity contribution in [1.29, 1.82) is 0 Å². The Bertz CT molecular complexity index is 1180. The summed E-state index contributed by atoms with van der Waals surface area (Å²) in [5.41, 5.74) is 10.9. The van der Waals surface area contributed by atoms with E-state index in [1.54, 1.807) is 6.33 Å². The molecular weight excluding hydrogens is 404 g/mol. The number of benzene rings is 1. The fraction of sp³-hybridized carbons (Fsp3) is 0.304. The summed E-state index contributed by atoms with van der Waals surface area (Å²) < 4.78 is 0. The number of nitrogens with zero attached hydrogens (tertiary/aromatic N) is 5. The van der Waals surface area contributed by atoms with E-state index >= 15 is 0 Å². The number of piperidine rings is 1. The third kappa shape index (κ3) is 4.25. The number of nitrogens with one attached hydrogen (secondary N) is 2. The van der Waals surface area contributed by atoms with Gasteiger partial charge >= 0.3 is 0 Å². The lowest BCUT2D eigenvalue weighted by atomic mass is 10.1. The van der Waals surface area contributed by atoms with Crippen molar-refractivity contribution >= 4 is 28.6 Å². The molecule has 5 N–H and O–H groups in total. The molecule has 0 amide bonds. The van der Waals surface area contributed by atoms with Crippen LogP contribution in [0.15, 0.2) is 48.9 Å². The zero-order chi connectivity index (χ0) is 21.9. The van der Waals surface area contributed by atoms with Crippen LogP contribution in [0.5, 0.6) is 0 Å². The Morgan fingerprint density at radius 2 is 1.88 bits per heavy atom. The molecule has 4 aromatic rings. The summed E-state index contributed by atoms with van der Waals surface area (Å²) in [7, 11) is 0. The highest BCUT2D eigenvalue weighted by atomic mass is 16.2. The van der Waals surface area contributed by atoms with Crippen LogP contribution < -0.4 is 16.0 Å².